The second-order valence-electron chi connectivity index (χ2n) is 5.30. The number of aryl methyl sites for hydroxylation is 1. The molecule has 0 bridgehead atoms. The quantitative estimate of drug-likeness (QED) is 0.245. The Balaban J connectivity index is 0.00000225. The number of methoxy groups -OCH3 is 1. The number of aromatic nitrogens is 1. The van der Waals surface area contributed by atoms with Crippen molar-refractivity contribution in [3.8, 4) is 5.75 Å². The fourth-order valence-corrected chi connectivity index (χ4v) is 3.33. The van der Waals surface area contributed by atoms with Crippen molar-refractivity contribution in [2.45, 2.75) is 12.8 Å². The molecule has 0 aliphatic heterocycles. The molecule has 5 nitrogen and oxygen atoms in total. The van der Waals surface area contributed by atoms with Gasteiger partial charge < -0.3 is 15.8 Å². The number of thiazole rings is 1. The van der Waals surface area contributed by atoms with Crippen molar-refractivity contribution in [2.24, 2.45) is 10.7 Å². The van der Waals surface area contributed by atoms with E-state index in [-0.39, 0.29) is 24.0 Å². The van der Waals surface area contributed by atoms with Gasteiger partial charge in [-0.1, -0.05) is 12.1 Å². The normalized spacial score (nSPS) is 11.2. The van der Waals surface area contributed by atoms with E-state index in [1.165, 1.54) is 4.70 Å². The molecule has 0 aliphatic carbocycles. The highest BCUT2D eigenvalue weighted by Crippen LogP contribution is 2.22. The number of rotatable bonds is 6. The predicted molar refractivity (Wildman–Crippen MR) is 116 cm³/mol. The molecule has 2 aromatic carbocycles. The van der Waals surface area contributed by atoms with Gasteiger partial charge in [0.1, 0.15) is 5.75 Å². The van der Waals surface area contributed by atoms with E-state index in [4.69, 9.17) is 10.5 Å². The zero-order valence-electron chi connectivity index (χ0n) is 13.9. The van der Waals surface area contributed by atoms with Crippen LogP contribution in [0.5, 0.6) is 5.75 Å². The third-order valence-corrected chi connectivity index (χ3v) is 4.63. The fourth-order valence-electron chi connectivity index (χ4n) is 2.32. The lowest BCUT2D eigenvalue weighted by Crippen LogP contribution is -2.22. The van der Waals surface area contributed by atoms with Gasteiger partial charge in [0.05, 0.1) is 22.3 Å². The van der Waals surface area contributed by atoms with Crippen LogP contribution in [-0.2, 0) is 6.42 Å². The van der Waals surface area contributed by atoms with Gasteiger partial charge in [-0.15, -0.1) is 35.3 Å². The number of halogens is 1. The van der Waals surface area contributed by atoms with E-state index in [1.807, 2.05) is 42.5 Å². The topological polar surface area (TPSA) is 72.5 Å². The number of anilines is 1. The number of para-hydroxylation sites is 1. The first-order valence-electron chi connectivity index (χ1n) is 7.80. The third-order valence-electron chi connectivity index (χ3n) is 3.53. The first kappa shape index (κ1) is 19.5. The number of nitrogens with one attached hydrogen (secondary N) is 1. The highest BCUT2D eigenvalue weighted by molar-refractivity contribution is 14.0. The Labute approximate surface area is 168 Å². The first-order valence-corrected chi connectivity index (χ1v) is 8.62. The van der Waals surface area contributed by atoms with Crippen LogP contribution < -0.4 is 15.8 Å². The van der Waals surface area contributed by atoms with Gasteiger partial charge in [0, 0.05) is 18.7 Å². The molecule has 0 saturated heterocycles. The Bertz CT molecular complexity index is 799. The van der Waals surface area contributed by atoms with E-state index >= 15 is 0 Å². The van der Waals surface area contributed by atoms with Crippen molar-refractivity contribution in [1.29, 1.82) is 0 Å². The van der Waals surface area contributed by atoms with Gasteiger partial charge in [-0.25, -0.2) is 4.98 Å². The monoisotopic (exact) mass is 468 g/mol. The van der Waals surface area contributed by atoms with Crippen LogP contribution in [-0.4, -0.2) is 24.6 Å². The summed E-state index contributed by atoms with van der Waals surface area (Å²) in [4.78, 5) is 8.98. The molecule has 3 rings (SSSR count). The molecule has 1 aromatic heterocycles. The average molecular weight is 468 g/mol. The fraction of sp³-hybridized carbons (Fsp3) is 0.222. The van der Waals surface area contributed by atoms with Crippen LogP contribution in [0, 0.1) is 0 Å². The van der Waals surface area contributed by atoms with Crippen LogP contribution >= 0.6 is 35.3 Å². The van der Waals surface area contributed by atoms with Crippen LogP contribution in [0.25, 0.3) is 10.2 Å². The summed E-state index contributed by atoms with van der Waals surface area (Å²) in [5, 5.41) is 4.22. The molecule has 0 fully saturated rings. The minimum atomic E-state index is 0. The Morgan fingerprint density at radius 1 is 1.20 bits per heavy atom. The molecule has 3 aromatic rings. The molecule has 0 unspecified atom stereocenters. The number of nitrogens with zero attached hydrogens (tertiary/aromatic N) is 2. The van der Waals surface area contributed by atoms with Crippen LogP contribution in [0.2, 0.25) is 0 Å². The lowest BCUT2D eigenvalue weighted by Gasteiger charge is -2.06. The lowest BCUT2D eigenvalue weighted by molar-refractivity contribution is 0.415. The van der Waals surface area contributed by atoms with Crippen LogP contribution in [0.4, 0.5) is 5.69 Å². The summed E-state index contributed by atoms with van der Waals surface area (Å²) in [5.74, 6) is 1.23. The summed E-state index contributed by atoms with van der Waals surface area (Å²) in [5.41, 5.74) is 7.87. The van der Waals surface area contributed by atoms with Crippen LogP contribution in [0.15, 0.2) is 53.5 Å². The number of hydrogen-bond donors (Lipinski definition) is 2. The third kappa shape index (κ3) is 5.57. The number of fused-ring (bicyclic) bond motifs is 1. The molecule has 0 amide bonds. The van der Waals surface area contributed by atoms with Gasteiger partial charge in [-0.05, 0) is 42.8 Å². The molecular weight excluding hydrogens is 447 g/mol. The van der Waals surface area contributed by atoms with Crippen molar-refractivity contribution in [3.05, 3.63) is 53.5 Å². The zero-order chi connectivity index (χ0) is 16.8. The summed E-state index contributed by atoms with van der Waals surface area (Å²) < 4.78 is 6.36. The zero-order valence-corrected chi connectivity index (χ0v) is 17.1. The van der Waals surface area contributed by atoms with Gasteiger partial charge in [0.25, 0.3) is 0 Å². The molecule has 25 heavy (non-hydrogen) atoms. The molecular formula is C18H21IN4OS. The number of benzene rings is 2. The number of guanidine groups is 1. The summed E-state index contributed by atoms with van der Waals surface area (Å²) in [6.07, 6.45) is 1.84. The highest BCUT2D eigenvalue weighted by atomic mass is 127. The summed E-state index contributed by atoms with van der Waals surface area (Å²) >= 11 is 1.74. The molecule has 3 N–H and O–H groups in total. The maximum absolute atomic E-state index is 5.91. The Morgan fingerprint density at radius 2 is 1.96 bits per heavy atom. The first-order chi connectivity index (χ1) is 11.7. The molecule has 7 heteroatoms. The van der Waals surface area contributed by atoms with Crippen molar-refractivity contribution >= 4 is 57.2 Å². The number of hydrogen-bond acceptors (Lipinski definition) is 4. The minimum absolute atomic E-state index is 0. The van der Waals surface area contributed by atoms with Gasteiger partial charge in [-0.3, -0.25) is 4.99 Å². The number of ether oxygens (including phenoxy) is 1. The van der Waals surface area contributed by atoms with Crippen molar-refractivity contribution in [3.63, 3.8) is 0 Å². The molecule has 132 valence electrons. The number of nitrogens with two attached hydrogens (primary N) is 1. The second kappa shape index (κ2) is 9.57. The summed E-state index contributed by atoms with van der Waals surface area (Å²) in [7, 11) is 1.64. The van der Waals surface area contributed by atoms with Gasteiger partial charge in [-0.2, -0.15) is 0 Å². The molecule has 0 radical (unpaired) electrons. The maximum atomic E-state index is 5.91. The largest absolute Gasteiger partial charge is 0.497 e. The van der Waals surface area contributed by atoms with Gasteiger partial charge in [0.15, 0.2) is 5.96 Å². The molecule has 0 saturated carbocycles. The molecule has 0 aliphatic rings. The highest BCUT2D eigenvalue weighted by Gasteiger charge is 2.02. The van der Waals surface area contributed by atoms with E-state index in [0.717, 1.165) is 34.8 Å². The standard InChI is InChI=1S/C18H20N4OS.HI/c1-23-14-10-8-13(9-11-14)21-18(19)20-12-4-7-17-22-15-5-2-3-6-16(15)24-17;/h2-3,5-6,8-11H,4,7,12H2,1H3,(H3,19,20,21);1H. The average Bonchev–Trinajstić information content (AvgIpc) is 3.02. The Morgan fingerprint density at radius 3 is 2.68 bits per heavy atom. The minimum Gasteiger partial charge on any atom is -0.497 e. The summed E-state index contributed by atoms with van der Waals surface area (Å²) in [6, 6.07) is 15.8. The van der Waals surface area contributed by atoms with E-state index in [0.29, 0.717) is 12.5 Å². The van der Waals surface area contributed by atoms with Crippen molar-refractivity contribution in [2.75, 3.05) is 19.0 Å². The Kier molecular flexibility index (Phi) is 7.45. The molecule has 0 spiro atoms. The predicted octanol–water partition coefficient (Wildman–Crippen LogP) is 4.28. The van der Waals surface area contributed by atoms with Crippen LogP contribution in [0.3, 0.4) is 0 Å². The summed E-state index contributed by atoms with van der Waals surface area (Å²) in [6.45, 7) is 0.672. The Hall–Kier alpha value is -1.87. The van der Waals surface area contributed by atoms with E-state index in [2.05, 4.69) is 21.4 Å². The maximum Gasteiger partial charge on any atom is 0.193 e. The molecule has 1 heterocycles. The number of aliphatic imine (C=N–C) groups is 1. The lowest BCUT2D eigenvalue weighted by atomic mass is 10.3. The van der Waals surface area contributed by atoms with Crippen molar-refractivity contribution in [1.82, 2.24) is 4.98 Å². The van der Waals surface area contributed by atoms with Gasteiger partial charge >= 0.3 is 0 Å². The van der Waals surface area contributed by atoms with Gasteiger partial charge in [0.2, 0.25) is 0 Å². The second-order valence-corrected chi connectivity index (χ2v) is 6.41. The van der Waals surface area contributed by atoms with E-state index in [1.54, 1.807) is 18.4 Å². The smallest absolute Gasteiger partial charge is 0.193 e. The SMILES string of the molecule is COc1ccc(NC(N)=NCCCc2nc3ccccc3s2)cc1.I. The van der Waals surface area contributed by atoms with Crippen molar-refractivity contribution < 1.29 is 4.74 Å². The van der Waals surface area contributed by atoms with E-state index < -0.39 is 0 Å². The molecule has 0 atom stereocenters. The van der Waals surface area contributed by atoms with Crippen LogP contribution in [0.1, 0.15) is 11.4 Å². The van der Waals surface area contributed by atoms with E-state index in [9.17, 15) is 0 Å².